The van der Waals surface area contributed by atoms with Crippen LogP contribution in [0.4, 0.5) is 0 Å². The summed E-state index contributed by atoms with van der Waals surface area (Å²) in [6, 6.07) is 0.284. The minimum absolute atomic E-state index is 0.284. The summed E-state index contributed by atoms with van der Waals surface area (Å²) in [5, 5.41) is 14.2. The maximum atomic E-state index is 5.42. The highest BCUT2D eigenvalue weighted by atomic mass is 16.5. The van der Waals surface area contributed by atoms with Gasteiger partial charge in [-0.3, -0.25) is 0 Å². The molecule has 1 aliphatic heterocycles. The number of ether oxygens (including phenoxy) is 1. The summed E-state index contributed by atoms with van der Waals surface area (Å²) in [5.41, 5.74) is 0.999. The lowest BCUT2D eigenvalue weighted by Gasteiger charge is -2.21. The Morgan fingerprint density at radius 2 is 2.67 bits per heavy atom. The van der Waals surface area contributed by atoms with E-state index >= 15 is 0 Å². The molecular formula is C10H18N4O. The maximum absolute atomic E-state index is 5.42. The number of hydrogen-bond donors (Lipinski definition) is 2. The van der Waals surface area contributed by atoms with Crippen LogP contribution in [-0.2, 0) is 4.74 Å². The van der Waals surface area contributed by atoms with Crippen LogP contribution in [0.25, 0.3) is 0 Å². The largest absolute Gasteiger partial charge is 0.381 e. The third-order valence-electron chi connectivity index (χ3n) is 2.80. The molecule has 0 aliphatic carbocycles. The molecular weight excluding hydrogens is 192 g/mol. The summed E-state index contributed by atoms with van der Waals surface area (Å²) in [6.45, 7) is 4.87. The van der Waals surface area contributed by atoms with E-state index in [9.17, 15) is 0 Å². The topological polar surface area (TPSA) is 62.8 Å². The second kappa shape index (κ2) is 5.23. The first-order valence-electron chi connectivity index (χ1n) is 5.58. The van der Waals surface area contributed by atoms with Gasteiger partial charge in [-0.15, -0.1) is 0 Å². The molecule has 0 radical (unpaired) electrons. The van der Waals surface area contributed by atoms with Crippen LogP contribution in [-0.4, -0.2) is 35.2 Å². The standard InChI is InChI=1S/C10H18N4O/c1-2-4-11-10(8-3-5-15-7-8)9-6-12-14-13-9/h6,8,10-11H,2-5,7H2,1H3,(H,12,13,14). The van der Waals surface area contributed by atoms with Crippen LogP contribution in [0.15, 0.2) is 6.20 Å². The molecule has 1 saturated heterocycles. The molecule has 1 fully saturated rings. The van der Waals surface area contributed by atoms with Crippen molar-refractivity contribution in [3.05, 3.63) is 11.9 Å². The Balaban J connectivity index is 2.01. The second-order valence-electron chi connectivity index (χ2n) is 3.95. The normalized spacial score (nSPS) is 23.1. The van der Waals surface area contributed by atoms with Gasteiger partial charge >= 0.3 is 0 Å². The smallest absolute Gasteiger partial charge is 0.0997 e. The summed E-state index contributed by atoms with van der Waals surface area (Å²) in [5.74, 6) is 0.529. The summed E-state index contributed by atoms with van der Waals surface area (Å²) in [6.07, 6.45) is 4.03. The monoisotopic (exact) mass is 210 g/mol. The molecule has 0 aromatic carbocycles. The molecule has 2 rings (SSSR count). The third kappa shape index (κ3) is 2.54. The molecule has 2 atom stereocenters. The molecule has 1 aromatic heterocycles. The van der Waals surface area contributed by atoms with Gasteiger partial charge < -0.3 is 10.1 Å². The Bertz CT molecular complexity index is 269. The zero-order valence-corrected chi connectivity index (χ0v) is 9.07. The lowest BCUT2D eigenvalue weighted by Crippen LogP contribution is -2.29. The molecule has 84 valence electrons. The number of aromatic nitrogens is 3. The van der Waals surface area contributed by atoms with Crippen LogP contribution in [0.3, 0.4) is 0 Å². The minimum Gasteiger partial charge on any atom is -0.381 e. The fourth-order valence-electron chi connectivity index (χ4n) is 1.99. The van der Waals surface area contributed by atoms with Crippen LogP contribution in [0.2, 0.25) is 0 Å². The highest BCUT2D eigenvalue weighted by Gasteiger charge is 2.28. The van der Waals surface area contributed by atoms with Gasteiger partial charge in [-0.05, 0) is 19.4 Å². The van der Waals surface area contributed by atoms with Crippen molar-refractivity contribution in [1.82, 2.24) is 20.7 Å². The van der Waals surface area contributed by atoms with E-state index in [1.54, 1.807) is 6.20 Å². The fraction of sp³-hybridized carbons (Fsp3) is 0.800. The molecule has 0 amide bonds. The number of nitrogens with one attached hydrogen (secondary N) is 2. The van der Waals surface area contributed by atoms with Gasteiger partial charge in [0, 0.05) is 12.5 Å². The number of H-pyrrole nitrogens is 1. The quantitative estimate of drug-likeness (QED) is 0.757. The van der Waals surface area contributed by atoms with E-state index in [0.717, 1.165) is 38.3 Å². The van der Waals surface area contributed by atoms with E-state index in [2.05, 4.69) is 27.7 Å². The van der Waals surface area contributed by atoms with E-state index in [0.29, 0.717) is 5.92 Å². The van der Waals surface area contributed by atoms with E-state index in [1.165, 1.54) is 0 Å². The van der Waals surface area contributed by atoms with Gasteiger partial charge in [0.05, 0.1) is 24.5 Å². The van der Waals surface area contributed by atoms with Gasteiger partial charge in [-0.1, -0.05) is 6.92 Å². The van der Waals surface area contributed by atoms with Crippen LogP contribution < -0.4 is 5.32 Å². The van der Waals surface area contributed by atoms with Crippen molar-refractivity contribution in [3.8, 4) is 0 Å². The van der Waals surface area contributed by atoms with Crippen LogP contribution in [0.1, 0.15) is 31.5 Å². The summed E-state index contributed by atoms with van der Waals surface area (Å²) >= 11 is 0. The molecule has 0 bridgehead atoms. The summed E-state index contributed by atoms with van der Waals surface area (Å²) in [7, 11) is 0. The maximum Gasteiger partial charge on any atom is 0.0997 e. The molecule has 0 saturated carbocycles. The molecule has 2 N–H and O–H groups in total. The Morgan fingerprint density at radius 1 is 1.73 bits per heavy atom. The van der Waals surface area contributed by atoms with Crippen molar-refractivity contribution in [2.24, 2.45) is 5.92 Å². The van der Waals surface area contributed by atoms with Crippen molar-refractivity contribution in [2.75, 3.05) is 19.8 Å². The number of nitrogens with zero attached hydrogens (tertiary/aromatic N) is 2. The predicted octanol–water partition coefficient (Wildman–Crippen LogP) is 0.882. The molecule has 5 nitrogen and oxygen atoms in total. The zero-order chi connectivity index (χ0) is 10.5. The molecule has 1 aromatic rings. The molecule has 0 spiro atoms. The van der Waals surface area contributed by atoms with Crippen molar-refractivity contribution < 1.29 is 4.74 Å². The number of rotatable bonds is 5. The first-order valence-corrected chi connectivity index (χ1v) is 5.58. The summed E-state index contributed by atoms with van der Waals surface area (Å²) < 4.78 is 5.42. The molecule has 1 aliphatic rings. The Kier molecular flexibility index (Phi) is 3.69. The SMILES string of the molecule is CCCNC(c1cn[nH]n1)C1CCOC1. The molecule has 2 unspecified atom stereocenters. The average Bonchev–Trinajstić information content (AvgIpc) is 2.90. The van der Waals surface area contributed by atoms with Crippen LogP contribution in [0, 0.1) is 5.92 Å². The van der Waals surface area contributed by atoms with Crippen molar-refractivity contribution in [1.29, 1.82) is 0 Å². The second-order valence-corrected chi connectivity index (χ2v) is 3.95. The van der Waals surface area contributed by atoms with E-state index in [-0.39, 0.29) is 6.04 Å². The van der Waals surface area contributed by atoms with Gasteiger partial charge in [0.15, 0.2) is 0 Å². The van der Waals surface area contributed by atoms with Gasteiger partial charge in [-0.2, -0.15) is 15.4 Å². The van der Waals surface area contributed by atoms with E-state index in [4.69, 9.17) is 4.74 Å². The van der Waals surface area contributed by atoms with Crippen LogP contribution >= 0.6 is 0 Å². The number of aromatic amines is 1. The first kappa shape index (κ1) is 10.6. The minimum atomic E-state index is 0.284. The van der Waals surface area contributed by atoms with Crippen LogP contribution in [0.5, 0.6) is 0 Å². The van der Waals surface area contributed by atoms with Gasteiger partial charge in [0.25, 0.3) is 0 Å². The lowest BCUT2D eigenvalue weighted by molar-refractivity contribution is 0.176. The first-order chi connectivity index (χ1) is 7.42. The lowest BCUT2D eigenvalue weighted by atomic mass is 9.96. The third-order valence-corrected chi connectivity index (χ3v) is 2.80. The Hall–Kier alpha value is -0.940. The predicted molar refractivity (Wildman–Crippen MR) is 56.3 cm³/mol. The Morgan fingerprint density at radius 3 is 3.27 bits per heavy atom. The van der Waals surface area contributed by atoms with Crippen molar-refractivity contribution in [2.45, 2.75) is 25.8 Å². The Labute approximate surface area is 89.6 Å². The van der Waals surface area contributed by atoms with Gasteiger partial charge in [-0.25, -0.2) is 0 Å². The summed E-state index contributed by atoms with van der Waals surface area (Å²) in [4.78, 5) is 0. The average molecular weight is 210 g/mol. The molecule has 5 heteroatoms. The van der Waals surface area contributed by atoms with Gasteiger partial charge in [0.1, 0.15) is 0 Å². The van der Waals surface area contributed by atoms with Crippen molar-refractivity contribution >= 4 is 0 Å². The highest BCUT2D eigenvalue weighted by molar-refractivity contribution is 5.02. The number of hydrogen-bond acceptors (Lipinski definition) is 4. The molecule has 15 heavy (non-hydrogen) atoms. The van der Waals surface area contributed by atoms with Gasteiger partial charge in [0.2, 0.25) is 0 Å². The fourth-order valence-corrected chi connectivity index (χ4v) is 1.99. The van der Waals surface area contributed by atoms with E-state index in [1.807, 2.05) is 0 Å². The van der Waals surface area contributed by atoms with E-state index < -0.39 is 0 Å². The highest BCUT2D eigenvalue weighted by Crippen LogP contribution is 2.26. The van der Waals surface area contributed by atoms with Crippen molar-refractivity contribution in [3.63, 3.8) is 0 Å². The zero-order valence-electron chi connectivity index (χ0n) is 9.07. The molecule has 2 heterocycles.